The van der Waals surface area contributed by atoms with E-state index in [1.165, 1.54) is 18.5 Å². The molecule has 1 rings (SSSR count). The Morgan fingerprint density at radius 2 is 2.13 bits per heavy atom. The molecule has 0 spiro atoms. The predicted molar refractivity (Wildman–Crippen MR) is 50.5 cm³/mol. The van der Waals surface area contributed by atoms with Crippen LogP contribution in [0.5, 0.6) is 5.75 Å². The Bertz CT molecular complexity index is 378. The highest BCUT2D eigenvalue weighted by molar-refractivity contribution is 5.94. The van der Waals surface area contributed by atoms with Gasteiger partial charge in [0.15, 0.2) is 0 Å². The van der Waals surface area contributed by atoms with Crippen LogP contribution in [0.3, 0.4) is 0 Å². The zero-order valence-corrected chi connectivity index (χ0v) is 7.80. The number of aromatic nitrogens is 1. The van der Waals surface area contributed by atoms with E-state index in [1.807, 2.05) is 0 Å². The summed E-state index contributed by atoms with van der Waals surface area (Å²) in [6, 6.07) is 1.25. The third-order valence-electron chi connectivity index (χ3n) is 1.61. The number of carbonyl (C=O) groups excluding carboxylic acids is 1. The molecular formula is C9H10N2O4. The first-order valence-electron chi connectivity index (χ1n) is 4.23. The maximum atomic E-state index is 11.3. The van der Waals surface area contributed by atoms with E-state index in [9.17, 15) is 9.59 Å². The summed E-state index contributed by atoms with van der Waals surface area (Å²) in [6.45, 7) is 0.0455. The van der Waals surface area contributed by atoms with E-state index in [4.69, 9.17) is 10.2 Å². The minimum Gasteiger partial charge on any atom is -0.506 e. The third-order valence-corrected chi connectivity index (χ3v) is 1.61. The molecule has 0 saturated carbocycles. The van der Waals surface area contributed by atoms with Crippen LogP contribution in [0.2, 0.25) is 0 Å². The summed E-state index contributed by atoms with van der Waals surface area (Å²) in [4.78, 5) is 25.1. The Kier molecular flexibility index (Phi) is 3.61. The molecule has 6 nitrogen and oxygen atoms in total. The van der Waals surface area contributed by atoms with Gasteiger partial charge in [0, 0.05) is 12.7 Å². The van der Waals surface area contributed by atoms with E-state index in [0.29, 0.717) is 0 Å². The number of carboxylic acid groups (broad SMARTS) is 1. The monoisotopic (exact) mass is 210 g/mol. The molecule has 1 aromatic heterocycles. The Morgan fingerprint density at radius 3 is 2.73 bits per heavy atom. The average Bonchev–Trinajstić information content (AvgIpc) is 2.17. The highest BCUT2D eigenvalue weighted by Gasteiger charge is 2.06. The van der Waals surface area contributed by atoms with Gasteiger partial charge in [-0.25, -0.2) is 0 Å². The lowest BCUT2D eigenvalue weighted by Crippen LogP contribution is -2.26. The van der Waals surface area contributed by atoms with E-state index in [2.05, 4.69) is 10.3 Å². The summed E-state index contributed by atoms with van der Waals surface area (Å²) in [5, 5.41) is 19.8. The van der Waals surface area contributed by atoms with Crippen LogP contribution in [-0.2, 0) is 4.79 Å². The molecule has 0 radical (unpaired) electrons. The standard InChI is InChI=1S/C9H10N2O4/c12-7-3-6(4-10-5-7)9(15)11-2-1-8(13)14/h3-5,12H,1-2H2,(H,11,15)(H,13,14). The van der Waals surface area contributed by atoms with E-state index in [-0.39, 0.29) is 24.3 Å². The van der Waals surface area contributed by atoms with Gasteiger partial charge in [-0.1, -0.05) is 0 Å². The number of carbonyl (C=O) groups is 2. The van der Waals surface area contributed by atoms with Crippen molar-refractivity contribution in [3.63, 3.8) is 0 Å². The molecule has 0 aliphatic heterocycles. The van der Waals surface area contributed by atoms with Crippen molar-refractivity contribution in [1.29, 1.82) is 0 Å². The first-order valence-corrected chi connectivity index (χ1v) is 4.23. The van der Waals surface area contributed by atoms with Gasteiger partial charge in [0.1, 0.15) is 5.75 Å². The van der Waals surface area contributed by atoms with Gasteiger partial charge in [-0.2, -0.15) is 0 Å². The van der Waals surface area contributed by atoms with E-state index in [1.54, 1.807) is 0 Å². The lowest BCUT2D eigenvalue weighted by molar-refractivity contribution is -0.136. The van der Waals surface area contributed by atoms with Crippen molar-refractivity contribution in [3.8, 4) is 5.75 Å². The van der Waals surface area contributed by atoms with Gasteiger partial charge in [-0.15, -0.1) is 0 Å². The fraction of sp³-hybridized carbons (Fsp3) is 0.222. The van der Waals surface area contributed by atoms with Gasteiger partial charge < -0.3 is 15.5 Å². The maximum Gasteiger partial charge on any atom is 0.305 e. The fourth-order valence-corrected chi connectivity index (χ4v) is 0.937. The van der Waals surface area contributed by atoms with Crippen molar-refractivity contribution in [2.24, 2.45) is 0 Å². The third kappa shape index (κ3) is 3.63. The van der Waals surface area contributed by atoms with Crippen LogP contribution in [0.4, 0.5) is 0 Å². The van der Waals surface area contributed by atoms with Crippen molar-refractivity contribution in [2.75, 3.05) is 6.54 Å². The molecule has 0 aromatic carbocycles. The largest absolute Gasteiger partial charge is 0.506 e. The average molecular weight is 210 g/mol. The lowest BCUT2D eigenvalue weighted by atomic mass is 10.2. The number of hydrogen-bond acceptors (Lipinski definition) is 4. The molecule has 0 unspecified atom stereocenters. The van der Waals surface area contributed by atoms with Gasteiger partial charge in [0.2, 0.25) is 0 Å². The van der Waals surface area contributed by atoms with Crippen LogP contribution >= 0.6 is 0 Å². The molecule has 0 aliphatic rings. The van der Waals surface area contributed by atoms with Crippen LogP contribution < -0.4 is 5.32 Å². The summed E-state index contributed by atoms with van der Waals surface area (Å²) in [5.74, 6) is -1.55. The summed E-state index contributed by atoms with van der Waals surface area (Å²) in [5.41, 5.74) is 0.195. The summed E-state index contributed by atoms with van der Waals surface area (Å²) >= 11 is 0. The van der Waals surface area contributed by atoms with Crippen LogP contribution in [0.25, 0.3) is 0 Å². The van der Waals surface area contributed by atoms with Crippen LogP contribution in [0.1, 0.15) is 16.8 Å². The maximum absolute atomic E-state index is 11.3. The second kappa shape index (κ2) is 4.94. The zero-order chi connectivity index (χ0) is 11.3. The Balaban J connectivity index is 2.50. The number of amides is 1. The molecule has 3 N–H and O–H groups in total. The van der Waals surface area contributed by atoms with E-state index in [0.717, 1.165) is 0 Å². The Morgan fingerprint density at radius 1 is 1.40 bits per heavy atom. The molecule has 1 amide bonds. The van der Waals surface area contributed by atoms with Crippen LogP contribution in [-0.4, -0.2) is 33.6 Å². The predicted octanol–water partition coefficient (Wildman–Crippen LogP) is -0.00830. The summed E-state index contributed by atoms with van der Waals surface area (Å²) < 4.78 is 0. The van der Waals surface area contributed by atoms with Gasteiger partial charge in [-0.05, 0) is 6.07 Å². The van der Waals surface area contributed by atoms with Crippen molar-refractivity contribution in [1.82, 2.24) is 10.3 Å². The normalized spacial score (nSPS) is 9.60. The number of pyridine rings is 1. The quantitative estimate of drug-likeness (QED) is 0.649. The summed E-state index contributed by atoms with van der Waals surface area (Å²) in [6.07, 6.45) is 2.35. The molecule has 1 heterocycles. The van der Waals surface area contributed by atoms with Crippen molar-refractivity contribution >= 4 is 11.9 Å². The minimum atomic E-state index is -0.982. The number of aliphatic carboxylic acids is 1. The second-order valence-corrected chi connectivity index (χ2v) is 2.83. The number of aromatic hydroxyl groups is 1. The van der Waals surface area contributed by atoms with Gasteiger partial charge in [-0.3, -0.25) is 14.6 Å². The molecule has 0 aliphatic carbocycles. The molecule has 80 valence electrons. The molecule has 15 heavy (non-hydrogen) atoms. The number of hydrogen-bond donors (Lipinski definition) is 3. The van der Waals surface area contributed by atoms with Gasteiger partial charge in [0.25, 0.3) is 5.91 Å². The Hall–Kier alpha value is -2.11. The van der Waals surface area contributed by atoms with E-state index < -0.39 is 11.9 Å². The van der Waals surface area contributed by atoms with Crippen molar-refractivity contribution in [3.05, 3.63) is 24.0 Å². The molecular weight excluding hydrogens is 200 g/mol. The lowest BCUT2D eigenvalue weighted by Gasteiger charge is -2.02. The number of rotatable bonds is 4. The van der Waals surface area contributed by atoms with Gasteiger partial charge in [0.05, 0.1) is 18.2 Å². The smallest absolute Gasteiger partial charge is 0.305 e. The molecule has 0 bridgehead atoms. The van der Waals surface area contributed by atoms with Crippen LogP contribution in [0.15, 0.2) is 18.5 Å². The van der Waals surface area contributed by atoms with Crippen molar-refractivity contribution in [2.45, 2.75) is 6.42 Å². The minimum absolute atomic E-state index is 0.0455. The number of carboxylic acids is 1. The molecule has 6 heteroatoms. The molecule has 0 fully saturated rings. The fourth-order valence-electron chi connectivity index (χ4n) is 0.937. The van der Waals surface area contributed by atoms with Crippen LogP contribution in [0, 0.1) is 0 Å². The highest BCUT2D eigenvalue weighted by Crippen LogP contribution is 2.07. The van der Waals surface area contributed by atoms with E-state index >= 15 is 0 Å². The zero-order valence-electron chi connectivity index (χ0n) is 7.80. The molecule has 0 atom stereocenters. The molecule has 1 aromatic rings. The van der Waals surface area contributed by atoms with Gasteiger partial charge >= 0.3 is 5.97 Å². The second-order valence-electron chi connectivity index (χ2n) is 2.83. The number of nitrogens with zero attached hydrogens (tertiary/aromatic N) is 1. The summed E-state index contributed by atoms with van der Waals surface area (Å²) in [7, 11) is 0. The Labute approximate surface area is 85.6 Å². The molecule has 0 saturated heterocycles. The topological polar surface area (TPSA) is 99.5 Å². The first kappa shape index (κ1) is 11.0. The SMILES string of the molecule is O=C(O)CCNC(=O)c1cncc(O)c1. The van der Waals surface area contributed by atoms with Crippen molar-refractivity contribution < 1.29 is 19.8 Å². The number of nitrogens with one attached hydrogen (secondary N) is 1. The highest BCUT2D eigenvalue weighted by atomic mass is 16.4. The first-order chi connectivity index (χ1) is 7.09.